The summed E-state index contributed by atoms with van der Waals surface area (Å²) in [5, 5.41) is 11.3. The highest BCUT2D eigenvalue weighted by atomic mass is 35.5. The number of hydrogen-bond acceptors (Lipinski definition) is 4. The summed E-state index contributed by atoms with van der Waals surface area (Å²) in [6.45, 7) is 8.15. The second kappa shape index (κ2) is 6.91. The van der Waals surface area contributed by atoms with E-state index in [0.717, 1.165) is 0 Å². The van der Waals surface area contributed by atoms with E-state index in [2.05, 4.69) is 11.1 Å². The van der Waals surface area contributed by atoms with Crippen molar-refractivity contribution < 1.29 is 0 Å². The smallest absolute Gasteiger partial charge is 0.145 e. The van der Waals surface area contributed by atoms with Crippen molar-refractivity contribution in [3.8, 4) is 6.07 Å². The van der Waals surface area contributed by atoms with Gasteiger partial charge in [0.1, 0.15) is 16.2 Å². The molecule has 98 valence electrons. The maximum atomic E-state index is 9.25. The molecule has 18 heavy (non-hydrogen) atoms. The van der Waals surface area contributed by atoms with E-state index >= 15 is 0 Å². The van der Waals surface area contributed by atoms with Crippen LogP contribution >= 0.6 is 46.7 Å². The van der Waals surface area contributed by atoms with Crippen molar-refractivity contribution >= 4 is 46.7 Å². The molecular formula is C12H14Cl2N2S2. The molecule has 0 radical (unpaired) electrons. The molecule has 0 aliphatic rings. The molecule has 1 aromatic rings. The van der Waals surface area contributed by atoms with Gasteiger partial charge in [0.25, 0.3) is 0 Å². The molecule has 0 unspecified atom stereocenters. The van der Waals surface area contributed by atoms with Crippen LogP contribution in [-0.2, 0) is 0 Å². The van der Waals surface area contributed by atoms with Gasteiger partial charge < -0.3 is 0 Å². The summed E-state index contributed by atoms with van der Waals surface area (Å²) in [6.07, 6.45) is 0. The van der Waals surface area contributed by atoms with E-state index < -0.39 is 0 Å². The standard InChI is InChI=1S/C12H14Cl2N2S2/c1-6(2)17-10-8(5-15)9(13)12(16-11(10)14)18-7(3)4/h6-7H,1-4H3. The maximum absolute atomic E-state index is 9.25. The van der Waals surface area contributed by atoms with E-state index in [-0.39, 0.29) is 0 Å². The molecular weight excluding hydrogens is 307 g/mol. The van der Waals surface area contributed by atoms with E-state index in [0.29, 0.717) is 36.2 Å². The van der Waals surface area contributed by atoms with Crippen LogP contribution in [0.15, 0.2) is 9.92 Å². The monoisotopic (exact) mass is 320 g/mol. The third-order valence-electron chi connectivity index (χ3n) is 1.83. The van der Waals surface area contributed by atoms with Gasteiger partial charge in [0.05, 0.1) is 15.5 Å². The normalized spacial score (nSPS) is 11.1. The Kier molecular flexibility index (Phi) is 6.13. The van der Waals surface area contributed by atoms with Crippen molar-refractivity contribution in [3.63, 3.8) is 0 Å². The Hall–Kier alpha value is -0.0800. The number of aromatic nitrogens is 1. The first-order chi connectivity index (χ1) is 8.36. The largest absolute Gasteiger partial charge is 0.227 e. The van der Waals surface area contributed by atoms with Gasteiger partial charge in [-0.05, 0) is 0 Å². The maximum Gasteiger partial charge on any atom is 0.145 e. The lowest BCUT2D eigenvalue weighted by Crippen LogP contribution is -1.98. The van der Waals surface area contributed by atoms with Crippen LogP contribution in [0.1, 0.15) is 33.3 Å². The fourth-order valence-corrected chi connectivity index (χ4v) is 3.65. The Morgan fingerprint density at radius 2 is 1.67 bits per heavy atom. The first-order valence-corrected chi connectivity index (χ1v) is 8.00. The Labute approximate surface area is 126 Å². The average molecular weight is 321 g/mol. The summed E-state index contributed by atoms with van der Waals surface area (Å²) in [5.41, 5.74) is 0.429. The highest BCUT2D eigenvalue weighted by Gasteiger charge is 2.19. The molecule has 1 heterocycles. The number of thioether (sulfide) groups is 2. The van der Waals surface area contributed by atoms with E-state index in [1.165, 1.54) is 23.5 Å². The van der Waals surface area contributed by atoms with Crippen molar-refractivity contribution in [3.05, 3.63) is 15.7 Å². The Bertz CT molecular complexity index is 482. The van der Waals surface area contributed by atoms with Gasteiger partial charge in [-0.2, -0.15) is 5.26 Å². The van der Waals surface area contributed by atoms with Crippen LogP contribution in [0.3, 0.4) is 0 Å². The lowest BCUT2D eigenvalue weighted by atomic mass is 10.3. The summed E-state index contributed by atoms with van der Waals surface area (Å²) in [4.78, 5) is 4.97. The number of rotatable bonds is 4. The Morgan fingerprint density at radius 3 is 2.11 bits per heavy atom. The number of hydrogen-bond donors (Lipinski definition) is 0. The summed E-state index contributed by atoms with van der Waals surface area (Å²) in [5.74, 6) is 0. The lowest BCUT2D eigenvalue weighted by molar-refractivity contribution is 1.04. The van der Waals surface area contributed by atoms with Crippen LogP contribution in [0, 0.1) is 11.3 Å². The summed E-state index contributed by atoms with van der Waals surface area (Å²) in [7, 11) is 0. The Balaban J connectivity index is 3.32. The fourth-order valence-electron chi connectivity index (χ4n) is 1.24. The first-order valence-electron chi connectivity index (χ1n) is 5.49. The van der Waals surface area contributed by atoms with Gasteiger partial charge in [-0.1, -0.05) is 50.9 Å². The fraction of sp³-hybridized carbons (Fsp3) is 0.500. The van der Waals surface area contributed by atoms with Crippen LogP contribution in [0.25, 0.3) is 0 Å². The summed E-state index contributed by atoms with van der Waals surface area (Å²) < 4.78 is 0. The van der Waals surface area contributed by atoms with Crippen molar-refractivity contribution in [2.45, 2.75) is 48.1 Å². The Morgan fingerprint density at radius 1 is 1.11 bits per heavy atom. The van der Waals surface area contributed by atoms with Gasteiger partial charge >= 0.3 is 0 Å². The van der Waals surface area contributed by atoms with E-state index in [4.69, 9.17) is 23.2 Å². The van der Waals surface area contributed by atoms with Gasteiger partial charge in [-0.15, -0.1) is 23.5 Å². The molecule has 6 heteroatoms. The van der Waals surface area contributed by atoms with Crippen LogP contribution < -0.4 is 0 Å². The van der Waals surface area contributed by atoms with E-state index in [1.54, 1.807) is 0 Å². The molecule has 1 rings (SSSR count). The van der Waals surface area contributed by atoms with Crippen molar-refractivity contribution in [2.75, 3.05) is 0 Å². The van der Waals surface area contributed by atoms with Crippen LogP contribution in [-0.4, -0.2) is 15.5 Å². The minimum absolute atomic E-state index is 0.316. The molecule has 0 spiro atoms. The molecule has 0 N–H and O–H groups in total. The number of pyridine rings is 1. The van der Waals surface area contributed by atoms with Crippen LogP contribution in [0.4, 0.5) is 0 Å². The van der Waals surface area contributed by atoms with Crippen molar-refractivity contribution in [2.24, 2.45) is 0 Å². The predicted octanol–water partition coefficient (Wildman–Crippen LogP) is 5.26. The van der Waals surface area contributed by atoms with E-state index in [9.17, 15) is 5.26 Å². The third-order valence-corrected chi connectivity index (χ3v) is 4.79. The number of nitriles is 1. The topological polar surface area (TPSA) is 36.7 Å². The van der Waals surface area contributed by atoms with Crippen LogP contribution in [0.5, 0.6) is 0 Å². The molecule has 0 amide bonds. The zero-order valence-electron chi connectivity index (χ0n) is 10.6. The van der Waals surface area contributed by atoms with Gasteiger partial charge in [0.15, 0.2) is 0 Å². The molecule has 0 fully saturated rings. The van der Waals surface area contributed by atoms with E-state index in [1.807, 2.05) is 27.7 Å². The lowest BCUT2D eigenvalue weighted by Gasteiger charge is -2.13. The highest BCUT2D eigenvalue weighted by molar-refractivity contribution is 8.00. The molecule has 1 aromatic heterocycles. The quantitative estimate of drug-likeness (QED) is 0.560. The highest BCUT2D eigenvalue weighted by Crippen LogP contribution is 2.40. The predicted molar refractivity (Wildman–Crippen MR) is 81.0 cm³/mol. The molecule has 0 bridgehead atoms. The molecule has 0 aliphatic heterocycles. The molecule has 2 nitrogen and oxygen atoms in total. The minimum Gasteiger partial charge on any atom is -0.227 e. The van der Waals surface area contributed by atoms with Gasteiger partial charge in [0, 0.05) is 10.5 Å². The SMILES string of the molecule is CC(C)Sc1nc(Cl)c(SC(C)C)c(C#N)c1Cl. The van der Waals surface area contributed by atoms with Gasteiger partial charge in [0.2, 0.25) is 0 Å². The van der Waals surface area contributed by atoms with Crippen molar-refractivity contribution in [1.82, 2.24) is 4.98 Å². The second-order valence-corrected chi connectivity index (χ2v) is 8.06. The molecule has 0 aromatic carbocycles. The van der Waals surface area contributed by atoms with Gasteiger partial charge in [-0.3, -0.25) is 0 Å². The minimum atomic E-state index is 0.316. The number of halogens is 2. The number of nitrogens with zero attached hydrogens (tertiary/aromatic N) is 2. The summed E-state index contributed by atoms with van der Waals surface area (Å²) >= 11 is 15.4. The average Bonchev–Trinajstić information content (AvgIpc) is 2.24. The molecule has 0 aliphatic carbocycles. The van der Waals surface area contributed by atoms with Gasteiger partial charge in [-0.25, -0.2) is 4.98 Å². The molecule has 0 atom stereocenters. The van der Waals surface area contributed by atoms with Crippen molar-refractivity contribution in [1.29, 1.82) is 5.26 Å². The molecule has 0 saturated heterocycles. The molecule has 0 saturated carbocycles. The summed E-state index contributed by atoms with van der Waals surface area (Å²) in [6, 6.07) is 2.13. The zero-order chi connectivity index (χ0) is 13.9. The zero-order valence-corrected chi connectivity index (χ0v) is 13.8. The first kappa shape index (κ1) is 16.0. The van der Waals surface area contributed by atoms with Crippen LogP contribution in [0.2, 0.25) is 10.2 Å². The third kappa shape index (κ3) is 3.96. The second-order valence-electron chi connectivity index (χ2n) is 4.17.